The Morgan fingerprint density at radius 2 is 1.86 bits per heavy atom. The van der Waals surface area contributed by atoms with Crippen molar-refractivity contribution in [3.8, 4) is 0 Å². The van der Waals surface area contributed by atoms with Gasteiger partial charge in [-0.3, -0.25) is 15.0 Å². The number of ether oxygens (including phenoxy) is 1. The molecular formula is C15H22N2O4. The number of nitro groups is 1. The quantitative estimate of drug-likeness (QED) is 0.597. The summed E-state index contributed by atoms with van der Waals surface area (Å²) in [6.07, 6.45) is -0.549. The molecule has 0 aliphatic rings. The summed E-state index contributed by atoms with van der Waals surface area (Å²) in [5.41, 5.74) is 0.914. The van der Waals surface area contributed by atoms with Crippen molar-refractivity contribution in [2.45, 2.75) is 32.9 Å². The van der Waals surface area contributed by atoms with Gasteiger partial charge in [-0.2, -0.15) is 0 Å². The Morgan fingerprint density at radius 1 is 1.29 bits per heavy atom. The Hall–Kier alpha value is -2.11. The fourth-order valence-electron chi connectivity index (χ4n) is 2.35. The summed E-state index contributed by atoms with van der Waals surface area (Å²) in [6.45, 7) is 5.27. The minimum Gasteiger partial charge on any atom is -0.453 e. The Labute approximate surface area is 124 Å². The molecule has 6 nitrogen and oxygen atoms in total. The molecule has 0 bridgehead atoms. The van der Waals surface area contributed by atoms with Gasteiger partial charge in [-0.25, -0.2) is 4.79 Å². The number of benzene rings is 1. The highest BCUT2D eigenvalue weighted by atomic mass is 16.6. The van der Waals surface area contributed by atoms with Crippen LogP contribution < -0.4 is 0 Å². The van der Waals surface area contributed by atoms with E-state index in [1.54, 1.807) is 0 Å². The molecule has 0 spiro atoms. The first-order chi connectivity index (χ1) is 9.88. The maximum atomic E-state index is 12.1. The summed E-state index contributed by atoms with van der Waals surface area (Å²) in [6, 6.07) is 8.59. The summed E-state index contributed by atoms with van der Waals surface area (Å²) in [4.78, 5) is 24.1. The number of methoxy groups -OCH3 is 1. The Kier molecular flexibility index (Phi) is 6.14. The van der Waals surface area contributed by atoms with Gasteiger partial charge in [-0.15, -0.1) is 0 Å². The number of carbonyl (C=O) groups is 1. The zero-order chi connectivity index (χ0) is 16.0. The molecule has 0 saturated carbocycles. The van der Waals surface area contributed by atoms with Crippen LogP contribution in [0.1, 0.15) is 32.4 Å². The molecular weight excluding hydrogens is 272 g/mol. The molecule has 2 unspecified atom stereocenters. The molecule has 0 aliphatic heterocycles. The Bertz CT molecular complexity index is 476. The number of nitrogens with zero attached hydrogens (tertiary/aromatic N) is 2. The molecule has 0 saturated heterocycles. The molecule has 116 valence electrons. The van der Waals surface area contributed by atoms with Crippen LogP contribution >= 0.6 is 0 Å². The van der Waals surface area contributed by atoms with Gasteiger partial charge >= 0.3 is 6.09 Å². The zero-order valence-corrected chi connectivity index (χ0v) is 12.9. The predicted octanol–water partition coefficient (Wildman–Crippen LogP) is 3.12. The topological polar surface area (TPSA) is 72.7 Å². The highest BCUT2D eigenvalue weighted by molar-refractivity contribution is 5.68. The monoisotopic (exact) mass is 294 g/mol. The summed E-state index contributed by atoms with van der Waals surface area (Å²) in [5, 5.41) is 10.9. The lowest BCUT2D eigenvalue weighted by Crippen LogP contribution is -2.48. The van der Waals surface area contributed by atoms with E-state index in [4.69, 9.17) is 4.74 Å². The Morgan fingerprint density at radius 3 is 2.29 bits per heavy atom. The average Bonchev–Trinajstić information content (AvgIpc) is 2.46. The lowest BCUT2D eigenvalue weighted by atomic mass is 9.98. The molecule has 0 aliphatic carbocycles. The number of hydrogen-bond donors (Lipinski definition) is 0. The van der Waals surface area contributed by atoms with Crippen molar-refractivity contribution >= 4 is 6.09 Å². The van der Waals surface area contributed by atoms with Crippen LogP contribution in [0.5, 0.6) is 0 Å². The van der Waals surface area contributed by atoms with E-state index in [1.807, 2.05) is 51.1 Å². The summed E-state index contributed by atoms with van der Waals surface area (Å²) in [5.74, 6) is -0.0549. The van der Waals surface area contributed by atoms with Gasteiger partial charge in [0.15, 0.2) is 0 Å². The number of hydrogen-bond acceptors (Lipinski definition) is 4. The Balaban J connectivity index is 3.14. The van der Waals surface area contributed by atoms with Crippen LogP contribution in [0.25, 0.3) is 0 Å². The molecule has 1 aromatic carbocycles. The van der Waals surface area contributed by atoms with Crippen molar-refractivity contribution in [1.29, 1.82) is 0 Å². The van der Waals surface area contributed by atoms with Gasteiger partial charge in [-0.1, -0.05) is 44.2 Å². The third-order valence-corrected chi connectivity index (χ3v) is 3.55. The molecule has 0 radical (unpaired) electrons. The van der Waals surface area contributed by atoms with E-state index >= 15 is 0 Å². The van der Waals surface area contributed by atoms with E-state index in [9.17, 15) is 14.9 Å². The van der Waals surface area contributed by atoms with Crippen molar-refractivity contribution in [2.75, 3.05) is 13.7 Å². The van der Waals surface area contributed by atoms with Gasteiger partial charge in [0.1, 0.15) is 6.04 Å². The predicted molar refractivity (Wildman–Crippen MR) is 79.6 cm³/mol. The highest BCUT2D eigenvalue weighted by Gasteiger charge is 2.35. The molecule has 1 amide bonds. The third-order valence-electron chi connectivity index (χ3n) is 3.55. The molecule has 1 rings (SSSR count). The lowest BCUT2D eigenvalue weighted by molar-refractivity contribution is -0.488. The van der Waals surface area contributed by atoms with Gasteiger partial charge in [0.05, 0.1) is 13.2 Å². The van der Waals surface area contributed by atoms with E-state index in [2.05, 4.69) is 0 Å². The van der Waals surface area contributed by atoms with Crippen LogP contribution in [0.3, 0.4) is 0 Å². The van der Waals surface area contributed by atoms with Crippen molar-refractivity contribution in [3.63, 3.8) is 0 Å². The number of carbonyl (C=O) groups excluding carboxylic acids is 1. The third kappa shape index (κ3) is 4.44. The van der Waals surface area contributed by atoms with Crippen molar-refractivity contribution in [1.82, 2.24) is 4.90 Å². The first kappa shape index (κ1) is 16.9. The SMILES string of the molecule is COC(=O)N(C(C)c1ccccc1)C(C[N+](=O)[O-])C(C)C. The van der Waals surface area contributed by atoms with Crippen molar-refractivity contribution < 1.29 is 14.5 Å². The van der Waals surface area contributed by atoms with E-state index < -0.39 is 17.1 Å². The fourth-order valence-corrected chi connectivity index (χ4v) is 2.35. The first-order valence-corrected chi connectivity index (χ1v) is 6.91. The van der Waals surface area contributed by atoms with Crippen LogP contribution in [0.4, 0.5) is 4.79 Å². The van der Waals surface area contributed by atoms with Crippen LogP contribution in [0.2, 0.25) is 0 Å². The lowest BCUT2D eigenvalue weighted by Gasteiger charge is -2.35. The molecule has 6 heteroatoms. The van der Waals surface area contributed by atoms with Crippen LogP contribution in [0, 0.1) is 16.0 Å². The van der Waals surface area contributed by atoms with Gasteiger partial charge in [-0.05, 0) is 18.4 Å². The number of rotatable bonds is 6. The summed E-state index contributed by atoms with van der Waals surface area (Å²) in [7, 11) is 1.29. The van der Waals surface area contributed by atoms with E-state index in [-0.39, 0.29) is 18.5 Å². The maximum Gasteiger partial charge on any atom is 0.410 e. The largest absolute Gasteiger partial charge is 0.453 e. The molecule has 2 atom stereocenters. The minimum atomic E-state index is -0.549. The molecule has 0 fully saturated rings. The summed E-state index contributed by atoms with van der Waals surface area (Å²) >= 11 is 0. The second-order valence-corrected chi connectivity index (χ2v) is 5.29. The normalized spacial score (nSPS) is 13.6. The van der Waals surface area contributed by atoms with Crippen LogP contribution in [0.15, 0.2) is 30.3 Å². The first-order valence-electron chi connectivity index (χ1n) is 6.91. The van der Waals surface area contributed by atoms with Crippen molar-refractivity contribution in [3.05, 3.63) is 46.0 Å². The standard InChI is InChI=1S/C15H22N2O4/c1-11(2)14(10-16(19)20)17(15(18)21-4)12(3)13-8-6-5-7-9-13/h5-9,11-12,14H,10H2,1-4H3. The number of amides is 1. The van der Waals surface area contributed by atoms with E-state index in [0.29, 0.717) is 0 Å². The van der Waals surface area contributed by atoms with E-state index in [0.717, 1.165) is 5.56 Å². The molecule has 0 N–H and O–H groups in total. The molecule has 0 heterocycles. The zero-order valence-electron chi connectivity index (χ0n) is 12.9. The maximum absolute atomic E-state index is 12.1. The smallest absolute Gasteiger partial charge is 0.410 e. The fraction of sp³-hybridized carbons (Fsp3) is 0.533. The second kappa shape index (κ2) is 7.61. The van der Waals surface area contributed by atoms with Gasteiger partial charge in [0.25, 0.3) is 0 Å². The van der Waals surface area contributed by atoms with Gasteiger partial charge in [0, 0.05) is 4.92 Å². The van der Waals surface area contributed by atoms with E-state index in [1.165, 1.54) is 12.0 Å². The molecule has 1 aromatic rings. The van der Waals surface area contributed by atoms with Crippen LogP contribution in [-0.4, -0.2) is 35.6 Å². The van der Waals surface area contributed by atoms with Gasteiger partial charge in [0.2, 0.25) is 6.54 Å². The highest BCUT2D eigenvalue weighted by Crippen LogP contribution is 2.26. The average molecular weight is 294 g/mol. The second-order valence-electron chi connectivity index (χ2n) is 5.29. The molecule has 21 heavy (non-hydrogen) atoms. The van der Waals surface area contributed by atoms with Crippen molar-refractivity contribution in [2.24, 2.45) is 5.92 Å². The molecule has 0 aromatic heterocycles. The van der Waals surface area contributed by atoms with Crippen LogP contribution in [-0.2, 0) is 4.74 Å². The van der Waals surface area contributed by atoms with Gasteiger partial charge < -0.3 is 4.74 Å². The minimum absolute atomic E-state index is 0.0549. The summed E-state index contributed by atoms with van der Waals surface area (Å²) < 4.78 is 4.83.